The number of para-hydroxylation sites is 1. The molecule has 2 heterocycles. The second-order valence-electron chi connectivity index (χ2n) is 4.46. The molecule has 1 aromatic rings. The first-order valence-corrected chi connectivity index (χ1v) is 7.06. The quantitative estimate of drug-likeness (QED) is 0.683. The van der Waals surface area contributed by atoms with Gasteiger partial charge in [0.25, 0.3) is 11.1 Å². The number of hydrogen-bond acceptors (Lipinski definition) is 4. The van der Waals surface area contributed by atoms with Crippen LogP contribution in [0.3, 0.4) is 0 Å². The van der Waals surface area contributed by atoms with E-state index in [-0.39, 0.29) is 16.8 Å². The third kappa shape index (κ3) is 1.58. The lowest BCUT2D eigenvalue weighted by molar-refractivity contribution is 0.0938. The van der Waals surface area contributed by atoms with Crippen LogP contribution >= 0.6 is 11.3 Å². The zero-order chi connectivity index (χ0) is 14.4. The van der Waals surface area contributed by atoms with E-state index in [4.69, 9.17) is 0 Å². The lowest BCUT2D eigenvalue weighted by Gasteiger charge is -2.06. The molecule has 0 saturated heterocycles. The van der Waals surface area contributed by atoms with Gasteiger partial charge < -0.3 is 0 Å². The third-order valence-electron chi connectivity index (χ3n) is 3.28. The average Bonchev–Trinajstić information content (AvgIpc) is 2.67. The fourth-order valence-corrected chi connectivity index (χ4v) is 3.51. The van der Waals surface area contributed by atoms with Gasteiger partial charge in [0.15, 0.2) is 0 Å². The van der Waals surface area contributed by atoms with Crippen LogP contribution in [0.2, 0.25) is 0 Å². The first-order chi connectivity index (χ1) is 9.56. The minimum Gasteiger partial charge on any atom is -0.274 e. The van der Waals surface area contributed by atoms with Gasteiger partial charge in [-0.2, -0.15) is 0 Å². The van der Waals surface area contributed by atoms with Crippen LogP contribution in [0.5, 0.6) is 0 Å². The molecule has 0 aromatic heterocycles. The van der Waals surface area contributed by atoms with Gasteiger partial charge in [0.1, 0.15) is 9.88 Å². The van der Waals surface area contributed by atoms with Crippen molar-refractivity contribution in [3.05, 3.63) is 54.9 Å². The van der Waals surface area contributed by atoms with Crippen molar-refractivity contribution in [3.8, 4) is 0 Å². The maximum absolute atomic E-state index is 12.3. The highest BCUT2D eigenvalue weighted by Crippen LogP contribution is 2.19. The normalized spacial score (nSPS) is 11.3. The van der Waals surface area contributed by atoms with Crippen LogP contribution in [0, 0.1) is 9.88 Å². The summed E-state index contributed by atoms with van der Waals surface area (Å²) in [6.45, 7) is 3.43. The van der Waals surface area contributed by atoms with Gasteiger partial charge in [0.05, 0.1) is 10.2 Å². The first kappa shape index (κ1) is 12.8. The van der Waals surface area contributed by atoms with Gasteiger partial charge >= 0.3 is 0 Å². The van der Waals surface area contributed by atoms with Gasteiger partial charge in [-0.15, -0.1) is 11.3 Å². The Morgan fingerprint density at radius 3 is 2.55 bits per heavy atom. The molecule has 5 nitrogen and oxygen atoms in total. The molecule has 20 heavy (non-hydrogen) atoms. The summed E-state index contributed by atoms with van der Waals surface area (Å²) in [4.78, 5) is 36.5. The summed E-state index contributed by atoms with van der Waals surface area (Å²) in [6, 6.07) is 7.26. The number of nitrogens with zero attached hydrogens (tertiary/aromatic N) is 2. The number of benzene rings is 1. The largest absolute Gasteiger partial charge is 0.279 e. The monoisotopic (exact) mass is 288 g/mol. The topological polar surface area (TPSA) is 61.1 Å². The Morgan fingerprint density at radius 1 is 1.20 bits per heavy atom. The summed E-state index contributed by atoms with van der Waals surface area (Å²) in [6.07, 6.45) is 0. The zero-order valence-electron chi connectivity index (χ0n) is 11.0. The van der Waals surface area contributed by atoms with Crippen molar-refractivity contribution in [2.45, 2.75) is 20.4 Å². The van der Waals surface area contributed by atoms with Crippen LogP contribution < -0.4 is 11.1 Å². The highest BCUT2D eigenvalue weighted by Gasteiger charge is 2.16. The number of carbonyl (C=O) groups is 1. The maximum Gasteiger partial charge on any atom is 0.279 e. The molecule has 0 amide bonds. The van der Waals surface area contributed by atoms with Crippen molar-refractivity contribution in [1.29, 1.82) is 0 Å². The second kappa shape index (κ2) is 4.42. The van der Waals surface area contributed by atoms with E-state index in [1.54, 1.807) is 19.1 Å². The number of rotatable bonds is 1. The minimum absolute atomic E-state index is 0.188. The fraction of sp³-hybridized carbons (Fsp3) is 0.214. The molecule has 0 atom stereocenters. The van der Waals surface area contributed by atoms with Crippen molar-refractivity contribution in [3.63, 3.8) is 0 Å². The summed E-state index contributed by atoms with van der Waals surface area (Å²) >= 11 is 1.25. The van der Waals surface area contributed by atoms with E-state index >= 15 is 0 Å². The molecule has 0 fully saturated rings. The first-order valence-electron chi connectivity index (χ1n) is 6.24. The number of fused-ring (bicyclic) bond motifs is 1. The van der Waals surface area contributed by atoms with Crippen LogP contribution in [0.15, 0.2) is 33.9 Å². The lowest BCUT2D eigenvalue weighted by Crippen LogP contribution is -2.26. The molecule has 2 aliphatic rings. The smallest absolute Gasteiger partial charge is 0.274 e. The molecule has 102 valence electrons. The lowest BCUT2D eigenvalue weighted by atomic mass is 10.3. The number of carbonyl (C=O) groups excluding carboxylic acids is 1. The van der Waals surface area contributed by atoms with Crippen molar-refractivity contribution >= 4 is 27.5 Å². The van der Waals surface area contributed by atoms with E-state index in [0.717, 1.165) is 4.70 Å². The predicted octanol–water partition coefficient (Wildman–Crippen LogP) is 1.63. The summed E-state index contributed by atoms with van der Waals surface area (Å²) in [5.74, 6) is -0.274. The van der Waals surface area contributed by atoms with Crippen molar-refractivity contribution in [2.24, 2.45) is 0 Å². The second-order valence-corrected chi connectivity index (χ2v) is 5.51. The number of hydrogen-bond donors (Lipinski definition) is 0. The van der Waals surface area contributed by atoms with Crippen molar-refractivity contribution in [1.82, 2.24) is 9.13 Å². The maximum atomic E-state index is 12.3. The van der Waals surface area contributed by atoms with Crippen LogP contribution in [0.25, 0.3) is 10.2 Å². The van der Waals surface area contributed by atoms with Crippen LogP contribution in [-0.2, 0) is 6.54 Å². The highest BCUT2D eigenvalue weighted by atomic mass is 32.1. The molecule has 0 radical (unpaired) electrons. The van der Waals surface area contributed by atoms with Gasteiger partial charge in [0.2, 0.25) is 5.91 Å². The fourth-order valence-electron chi connectivity index (χ4n) is 2.40. The van der Waals surface area contributed by atoms with E-state index in [0.29, 0.717) is 16.6 Å². The Kier molecular flexibility index (Phi) is 2.83. The van der Waals surface area contributed by atoms with Gasteiger partial charge in [-0.25, -0.2) is 0 Å². The molecular formula is C14H12N2O3S. The predicted molar refractivity (Wildman–Crippen MR) is 77.6 cm³/mol. The molecule has 0 aliphatic carbocycles. The van der Waals surface area contributed by atoms with E-state index in [1.165, 1.54) is 27.4 Å². The highest BCUT2D eigenvalue weighted by molar-refractivity contribution is 7.16. The summed E-state index contributed by atoms with van der Waals surface area (Å²) in [5, 5.41) is 0.188. The van der Waals surface area contributed by atoms with Gasteiger partial charge in [-0.1, -0.05) is 12.1 Å². The molecule has 0 unspecified atom stereocenters. The van der Waals surface area contributed by atoms with Crippen LogP contribution in [0.1, 0.15) is 18.6 Å². The zero-order valence-corrected chi connectivity index (χ0v) is 11.9. The van der Waals surface area contributed by atoms with Crippen molar-refractivity contribution < 1.29 is 4.79 Å². The molecular weight excluding hydrogens is 276 g/mol. The minimum atomic E-state index is -0.398. The molecule has 6 heteroatoms. The Bertz CT molecular complexity index is 1010. The Hall–Kier alpha value is -2.21. The van der Waals surface area contributed by atoms with Gasteiger partial charge in [-0.3, -0.25) is 23.5 Å². The van der Waals surface area contributed by atoms with Gasteiger partial charge in [-0.05, 0) is 19.1 Å². The molecule has 1 aromatic carbocycles. The molecule has 0 N–H and O–H groups in total. The molecule has 3 rings (SSSR count). The van der Waals surface area contributed by atoms with Crippen LogP contribution in [0.4, 0.5) is 0 Å². The average molecular weight is 288 g/mol. The Morgan fingerprint density at radius 2 is 1.90 bits per heavy atom. The van der Waals surface area contributed by atoms with Crippen LogP contribution in [-0.4, -0.2) is 15.0 Å². The van der Waals surface area contributed by atoms with E-state index < -0.39 is 5.56 Å². The van der Waals surface area contributed by atoms with E-state index in [2.05, 4.69) is 0 Å². The number of aromatic nitrogens is 2. The Labute approximate surface area is 117 Å². The van der Waals surface area contributed by atoms with E-state index in [9.17, 15) is 14.4 Å². The third-order valence-corrected chi connectivity index (χ3v) is 4.41. The summed E-state index contributed by atoms with van der Waals surface area (Å²) < 4.78 is 3.66. The Balaban J connectivity index is 2.76. The van der Waals surface area contributed by atoms with Gasteiger partial charge in [0, 0.05) is 13.5 Å². The van der Waals surface area contributed by atoms with E-state index in [1.807, 2.05) is 12.1 Å². The summed E-state index contributed by atoms with van der Waals surface area (Å²) in [5.41, 5.74) is -0.0641. The molecule has 2 aliphatic heterocycles. The standard InChI is InChI=1S/C14H12N2O3S/c1-3-15-13(18)11-12(14(15)19)20-10-7-5-4-6-9(10)16(11)8(2)17/h4-7H,3H2,1-2H3. The summed E-state index contributed by atoms with van der Waals surface area (Å²) in [7, 11) is 0. The molecule has 0 bridgehead atoms. The van der Waals surface area contributed by atoms with Crippen molar-refractivity contribution in [2.75, 3.05) is 0 Å². The SMILES string of the molecule is CCn1c(=O)c2sc3ccccc3n(C(C)=O)c=2c1=O. The molecule has 0 saturated carbocycles. The molecule has 0 spiro atoms.